The molecule has 1 amide bonds. The molecule has 6 nitrogen and oxygen atoms in total. The molecule has 1 N–H and O–H groups in total. The van der Waals surface area contributed by atoms with Gasteiger partial charge >= 0.3 is 6.18 Å². The Morgan fingerprint density at radius 2 is 2.00 bits per heavy atom. The van der Waals surface area contributed by atoms with E-state index in [4.69, 9.17) is 11.6 Å². The second-order valence-electron chi connectivity index (χ2n) is 6.86. The summed E-state index contributed by atoms with van der Waals surface area (Å²) in [7, 11) is 0. The summed E-state index contributed by atoms with van der Waals surface area (Å²) in [6.45, 7) is 3.54. The van der Waals surface area contributed by atoms with Crippen LogP contribution in [-0.2, 0) is 24.1 Å². The molecule has 0 saturated heterocycles. The Balaban J connectivity index is 1.67. The van der Waals surface area contributed by atoms with E-state index >= 15 is 0 Å². The molecular weight excluding hydrogens is 487 g/mol. The van der Waals surface area contributed by atoms with Crippen molar-refractivity contribution in [3.63, 3.8) is 0 Å². The number of hydrogen-bond donors (Lipinski definition) is 1. The molecule has 2 heterocycles. The molecule has 0 spiro atoms. The zero-order valence-electron chi connectivity index (χ0n) is 16.0. The maximum Gasteiger partial charge on any atom is 0.435 e. The molecule has 0 aliphatic carbocycles. The summed E-state index contributed by atoms with van der Waals surface area (Å²) < 4.78 is 41.8. The highest BCUT2D eigenvalue weighted by atomic mass is 79.9. The summed E-state index contributed by atoms with van der Waals surface area (Å²) >= 11 is 9.52. The lowest BCUT2D eigenvalue weighted by atomic mass is 10.1. The van der Waals surface area contributed by atoms with Gasteiger partial charge in [0.2, 0.25) is 5.91 Å². The molecule has 11 heteroatoms. The number of rotatable bonds is 6. The van der Waals surface area contributed by atoms with Gasteiger partial charge in [-0.15, -0.1) is 0 Å². The number of alkyl halides is 3. The highest BCUT2D eigenvalue weighted by Gasteiger charge is 2.34. The van der Waals surface area contributed by atoms with Gasteiger partial charge in [-0.1, -0.05) is 36.7 Å². The SMILES string of the molecule is Cc1cc(C(F)(F)F)nn1CC(C)C(=O)Nc1nn(Cc2ccccc2Cl)cc1Br. The van der Waals surface area contributed by atoms with Gasteiger partial charge in [0, 0.05) is 16.9 Å². The fourth-order valence-electron chi connectivity index (χ4n) is 2.78. The van der Waals surface area contributed by atoms with Crippen LogP contribution in [0.5, 0.6) is 0 Å². The molecule has 30 heavy (non-hydrogen) atoms. The van der Waals surface area contributed by atoms with Crippen LogP contribution in [-0.4, -0.2) is 25.5 Å². The van der Waals surface area contributed by atoms with Crippen molar-refractivity contribution in [2.24, 2.45) is 5.92 Å². The Morgan fingerprint density at radius 3 is 2.63 bits per heavy atom. The minimum absolute atomic E-state index is 0.00565. The highest BCUT2D eigenvalue weighted by Crippen LogP contribution is 2.29. The number of aromatic nitrogens is 4. The Labute approximate surface area is 184 Å². The minimum Gasteiger partial charge on any atom is -0.308 e. The molecule has 2 aromatic heterocycles. The van der Waals surface area contributed by atoms with Gasteiger partial charge in [-0.05, 0) is 40.5 Å². The normalized spacial score (nSPS) is 12.8. The largest absolute Gasteiger partial charge is 0.435 e. The summed E-state index contributed by atoms with van der Waals surface area (Å²) in [5.41, 5.74) is 0.218. The number of benzene rings is 1. The average molecular weight is 505 g/mol. The van der Waals surface area contributed by atoms with E-state index in [9.17, 15) is 18.0 Å². The van der Waals surface area contributed by atoms with E-state index in [0.717, 1.165) is 11.6 Å². The van der Waals surface area contributed by atoms with Crippen molar-refractivity contribution in [3.8, 4) is 0 Å². The number of amides is 1. The van der Waals surface area contributed by atoms with Crippen molar-refractivity contribution in [2.45, 2.75) is 33.1 Å². The van der Waals surface area contributed by atoms with Crippen molar-refractivity contribution in [1.29, 1.82) is 0 Å². The topological polar surface area (TPSA) is 64.7 Å². The highest BCUT2D eigenvalue weighted by molar-refractivity contribution is 9.10. The van der Waals surface area contributed by atoms with E-state index in [-0.39, 0.29) is 12.5 Å². The van der Waals surface area contributed by atoms with Crippen LogP contribution in [0.4, 0.5) is 19.0 Å². The van der Waals surface area contributed by atoms with Gasteiger partial charge in [-0.2, -0.15) is 23.4 Å². The fourth-order valence-corrected chi connectivity index (χ4v) is 3.39. The third-order valence-corrected chi connectivity index (χ3v) is 5.36. The standard InChI is InChI=1S/C19H18BrClF3N5O/c1-11(8-29-12(2)7-16(26-29)19(22,23)24)18(30)25-17-14(20)10-28(27-17)9-13-5-3-4-6-15(13)21/h3-7,10-11H,8-9H2,1-2H3,(H,25,27,30). The Kier molecular flexibility index (Phi) is 6.56. The van der Waals surface area contributed by atoms with Crippen LogP contribution < -0.4 is 5.32 Å². The molecule has 1 aromatic carbocycles. The first-order valence-electron chi connectivity index (χ1n) is 8.93. The van der Waals surface area contributed by atoms with Crippen molar-refractivity contribution < 1.29 is 18.0 Å². The maximum atomic E-state index is 12.8. The molecule has 0 bridgehead atoms. The number of nitrogens with one attached hydrogen (secondary N) is 1. The number of anilines is 1. The number of nitrogens with zero attached hydrogens (tertiary/aromatic N) is 4. The maximum absolute atomic E-state index is 12.8. The van der Waals surface area contributed by atoms with Crippen LogP contribution in [0.25, 0.3) is 0 Å². The monoisotopic (exact) mass is 503 g/mol. The molecule has 1 unspecified atom stereocenters. The molecule has 0 radical (unpaired) electrons. The minimum atomic E-state index is -4.53. The number of hydrogen-bond acceptors (Lipinski definition) is 3. The van der Waals surface area contributed by atoms with Crippen LogP contribution in [0.1, 0.15) is 23.9 Å². The van der Waals surface area contributed by atoms with Crippen LogP contribution in [0.15, 0.2) is 41.0 Å². The summed E-state index contributed by atoms with van der Waals surface area (Å²) in [6, 6.07) is 8.31. The number of aryl methyl sites for hydroxylation is 1. The first-order valence-corrected chi connectivity index (χ1v) is 10.1. The van der Waals surface area contributed by atoms with E-state index < -0.39 is 17.8 Å². The van der Waals surface area contributed by atoms with Gasteiger partial charge in [0.1, 0.15) is 0 Å². The van der Waals surface area contributed by atoms with Crippen molar-refractivity contribution in [2.75, 3.05) is 5.32 Å². The third kappa shape index (κ3) is 5.23. The summed E-state index contributed by atoms with van der Waals surface area (Å²) in [4.78, 5) is 12.5. The molecule has 3 aromatic rings. The Morgan fingerprint density at radius 1 is 1.30 bits per heavy atom. The molecular formula is C19H18BrClF3N5O. The van der Waals surface area contributed by atoms with E-state index in [1.165, 1.54) is 11.6 Å². The molecule has 0 aliphatic rings. The molecule has 0 aliphatic heterocycles. The Hall–Kier alpha value is -2.33. The predicted octanol–water partition coefficient (Wildman–Crippen LogP) is 5.15. The first-order chi connectivity index (χ1) is 14.0. The van der Waals surface area contributed by atoms with E-state index in [2.05, 4.69) is 31.4 Å². The lowest BCUT2D eigenvalue weighted by Crippen LogP contribution is -2.26. The van der Waals surface area contributed by atoms with Gasteiger partial charge in [0.25, 0.3) is 0 Å². The smallest absolute Gasteiger partial charge is 0.308 e. The number of carbonyl (C=O) groups is 1. The fraction of sp³-hybridized carbons (Fsp3) is 0.316. The van der Waals surface area contributed by atoms with Gasteiger partial charge in [0.05, 0.1) is 23.5 Å². The van der Waals surface area contributed by atoms with Crippen LogP contribution >= 0.6 is 27.5 Å². The van der Waals surface area contributed by atoms with Gasteiger partial charge < -0.3 is 5.32 Å². The second kappa shape index (κ2) is 8.81. The number of carbonyl (C=O) groups excluding carboxylic acids is 1. The lowest BCUT2D eigenvalue weighted by Gasteiger charge is -2.12. The molecule has 3 rings (SSSR count). The van der Waals surface area contributed by atoms with Crippen LogP contribution in [0, 0.1) is 12.8 Å². The number of halogens is 5. The van der Waals surface area contributed by atoms with Crippen molar-refractivity contribution in [3.05, 3.63) is 63.0 Å². The quantitative estimate of drug-likeness (QED) is 0.505. The van der Waals surface area contributed by atoms with E-state index in [0.29, 0.717) is 27.6 Å². The van der Waals surface area contributed by atoms with Crippen molar-refractivity contribution in [1.82, 2.24) is 19.6 Å². The van der Waals surface area contributed by atoms with Gasteiger partial charge in [-0.25, -0.2) is 0 Å². The first kappa shape index (κ1) is 22.4. The van der Waals surface area contributed by atoms with Crippen LogP contribution in [0.3, 0.4) is 0 Å². The summed E-state index contributed by atoms with van der Waals surface area (Å²) in [6.07, 6.45) is -2.82. The average Bonchev–Trinajstić information content (AvgIpc) is 3.19. The zero-order chi connectivity index (χ0) is 22.1. The second-order valence-corrected chi connectivity index (χ2v) is 8.12. The van der Waals surface area contributed by atoms with Crippen LogP contribution in [0.2, 0.25) is 5.02 Å². The van der Waals surface area contributed by atoms with Gasteiger partial charge in [-0.3, -0.25) is 14.2 Å². The summed E-state index contributed by atoms with van der Waals surface area (Å²) in [5.74, 6) is -0.709. The predicted molar refractivity (Wildman–Crippen MR) is 110 cm³/mol. The lowest BCUT2D eigenvalue weighted by molar-refractivity contribution is -0.141. The zero-order valence-corrected chi connectivity index (χ0v) is 18.4. The molecule has 1 atom stereocenters. The summed E-state index contributed by atoms with van der Waals surface area (Å²) in [5, 5.41) is 11.2. The van der Waals surface area contributed by atoms with E-state index in [1.807, 2.05) is 18.2 Å². The van der Waals surface area contributed by atoms with Gasteiger partial charge in [0.15, 0.2) is 11.5 Å². The van der Waals surface area contributed by atoms with E-state index in [1.54, 1.807) is 23.9 Å². The molecule has 160 valence electrons. The van der Waals surface area contributed by atoms with Crippen molar-refractivity contribution >= 4 is 39.3 Å². The Bertz CT molecular complexity index is 1060. The molecule has 0 saturated carbocycles. The molecule has 0 fully saturated rings. The third-order valence-electron chi connectivity index (χ3n) is 4.41.